The van der Waals surface area contributed by atoms with Crippen molar-refractivity contribution in [3.8, 4) is 11.8 Å². The Hall–Kier alpha value is -3.97. The van der Waals surface area contributed by atoms with E-state index in [1.165, 1.54) is 12.4 Å². The number of anilines is 3. The summed E-state index contributed by atoms with van der Waals surface area (Å²) in [6, 6.07) is 5.97. The van der Waals surface area contributed by atoms with Crippen molar-refractivity contribution in [2.24, 2.45) is 0 Å². The van der Waals surface area contributed by atoms with Gasteiger partial charge in [0.25, 0.3) is 0 Å². The zero-order chi connectivity index (χ0) is 23.2. The highest BCUT2D eigenvalue weighted by Crippen LogP contribution is 2.30. The third-order valence-corrected chi connectivity index (χ3v) is 5.57. The van der Waals surface area contributed by atoms with Crippen LogP contribution in [0.5, 0.6) is 0 Å². The molecule has 0 saturated carbocycles. The van der Waals surface area contributed by atoms with Gasteiger partial charge in [-0.2, -0.15) is 5.26 Å². The molecule has 1 aliphatic heterocycles. The van der Waals surface area contributed by atoms with Crippen molar-refractivity contribution in [1.29, 1.82) is 5.26 Å². The van der Waals surface area contributed by atoms with Crippen molar-refractivity contribution in [2.75, 3.05) is 37.0 Å². The predicted molar refractivity (Wildman–Crippen MR) is 124 cm³/mol. The maximum atomic E-state index is 12.1. The molecule has 4 rings (SSSR count). The average molecular weight is 447 g/mol. The number of carbonyl (C=O) groups is 1. The fraction of sp³-hybridized carbons (Fsp3) is 0.348. The summed E-state index contributed by atoms with van der Waals surface area (Å²) in [5, 5.41) is 15.5. The monoisotopic (exact) mass is 446 g/mol. The first-order valence-electron chi connectivity index (χ1n) is 10.9. The summed E-state index contributed by atoms with van der Waals surface area (Å²) in [7, 11) is 2.07. The summed E-state index contributed by atoms with van der Waals surface area (Å²) in [5.41, 5.74) is 2.53. The second kappa shape index (κ2) is 10.1. The van der Waals surface area contributed by atoms with E-state index in [2.05, 4.69) is 37.5 Å². The number of likely N-dealkylation sites (N-methyl/N-ethyl adjacent to an activating group) is 1. The van der Waals surface area contributed by atoms with Gasteiger partial charge in [-0.25, -0.2) is 19.7 Å². The largest absolute Gasteiger partial charge is 0.462 e. The Morgan fingerprint density at radius 2 is 2.18 bits per heavy atom. The van der Waals surface area contributed by atoms with Crippen LogP contribution in [0, 0.1) is 11.3 Å². The molecule has 1 unspecified atom stereocenters. The SMILES string of the molecule is CCOC(=O)c1ccn(-c2cnc(Nc3cnc(C#N)cn3)cc2N(C)C2CCCNC2)c1. The van der Waals surface area contributed by atoms with Crippen LogP contribution in [-0.2, 0) is 4.74 Å². The molecule has 3 aromatic heterocycles. The van der Waals surface area contributed by atoms with E-state index < -0.39 is 0 Å². The van der Waals surface area contributed by atoms with Crippen molar-refractivity contribution in [1.82, 2.24) is 24.8 Å². The van der Waals surface area contributed by atoms with E-state index in [-0.39, 0.29) is 11.7 Å². The van der Waals surface area contributed by atoms with Crippen LogP contribution in [0.25, 0.3) is 5.69 Å². The maximum Gasteiger partial charge on any atom is 0.339 e. The molecule has 2 N–H and O–H groups in total. The molecule has 10 nitrogen and oxygen atoms in total. The van der Waals surface area contributed by atoms with Crippen LogP contribution < -0.4 is 15.5 Å². The quantitative estimate of drug-likeness (QED) is 0.528. The van der Waals surface area contributed by atoms with Crippen molar-refractivity contribution in [3.63, 3.8) is 0 Å². The van der Waals surface area contributed by atoms with Gasteiger partial charge < -0.3 is 24.8 Å². The molecule has 0 aromatic carbocycles. The average Bonchev–Trinajstić information content (AvgIpc) is 3.35. The Morgan fingerprint density at radius 3 is 2.88 bits per heavy atom. The zero-order valence-corrected chi connectivity index (χ0v) is 18.7. The molecule has 10 heteroatoms. The Balaban J connectivity index is 1.67. The summed E-state index contributed by atoms with van der Waals surface area (Å²) in [4.78, 5) is 27.2. The molecule has 1 saturated heterocycles. The number of esters is 1. The highest BCUT2D eigenvalue weighted by Gasteiger charge is 2.22. The van der Waals surface area contributed by atoms with Gasteiger partial charge in [-0.15, -0.1) is 0 Å². The lowest BCUT2D eigenvalue weighted by atomic mass is 10.1. The Labute approximate surface area is 192 Å². The highest BCUT2D eigenvalue weighted by atomic mass is 16.5. The lowest BCUT2D eigenvalue weighted by molar-refractivity contribution is 0.0526. The number of nitrogens with one attached hydrogen (secondary N) is 2. The van der Waals surface area contributed by atoms with Gasteiger partial charge >= 0.3 is 5.97 Å². The molecule has 3 aromatic rings. The number of nitrogens with zero attached hydrogens (tertiary/aromatic N) is 6. The summed E-state index contributed by atoms with van der Waals surface area (Å²) < 4.78 is 7.00. The number of aromatic nitrogens is 4. The normalized spacial score (nSPS) is 15.5. The first-order chi connectivity index (χ1) is 16.1. The number of hydrogen-bond donors (Lipinski definition) is 2. The molecule has 170 valence electrons. The number of carbonyl (C=O) groups excluding carboxylic acids is 1. The molecule has 1 fully saturated rings. The molecule has 1 aliphatic rings. The summed E-state index contributed by atoms with van der Waals surface area (Å²) in [6.07, 6.45) is 10.4. The van der Waals surface area contributed by atoms with Crippen LogP contribution in [0.2, 0.25) is 0 Å². The fourth-order valence-corrected chi connectivity index (χ4v) is 3.81. The topological polar surface area (TPSA) is 121 Å². The molecule has 1 atom stereocenters. The maximum absolute atomic E-state index is 12.1. The minimum atomic E-state index is -0.353. The van der Waals surface area contributed by atoms with E-state index >= 15 is 0 Å². The summed E-state index contributed by atoms with van der Waals surface area (Å²) >= 11 is 0. The highest BCUT2D eigenvalue weighted by molar-refractivity contribution is 5.89. The third-order valence-electron chi connectivity index (χ3n) is 5.57. The van der Waals surface area contributed by atoms with Gasteiger partial charge in [-0.3, -0.25) is 0 Å². The van der Waals surface area contributed by atoms with E-state index in [0.29, 0.717) is 29.8 Å². The van der Waals surface area contributed by atoms with Crippen LogP contribution in [0.15, 0.2) is 43.1 Å². The van der Waals surface area contributed by atoms with E-state index in [4.69, 9.17) is 10.00 Å². The number of piperidine rings is 1. The van der Waals surface area contributed by atoms with Crippen molar-refractivity contribution >= 4 is 23.3 Å². The lowest BCUT2D eigenvalue weighted by Gasteiger charge is -2.34. The Kier molecular flexibility index (Phi) is 6.80. The molecule has 0 spiro atoms. The molecular formula is C23H26N8O2. The second-order valence-corrected chi connectivity index (χ2v) is 7.72. The number of hydrogen-bond acceptors (Lipinski definition) is 9. The third kappa shape index (κ3) is 5.10. The van der Waals surface area contributed by atoms with Crippen LogP contribution >= 0.6 is 0 Å². The molecule has 33 heavy (non-hydrogen) atoms. The number of rotatable bonds is 7. The molecule has 4 heterocycles. The van der Waals surface area contributed by atoms with Gasteiger partial charge in [0.05, 0.1) is 42.1 Å². The lowest BCUT2D eigenvalue weighted by Crippen LogP contribution is -2.44. The number of nitriles is 1. The Morgan fingerprint density at radius 1 is 1.33 bits per heavy atom. The van der Waals surface area contributed by atoms with Crippen molar-refractivity contribution < 1.29 is 9.53 Å². The summed E-state index contributed by atoms with van der Waals surface area (Å²) in [5.74, 6) is 0.738. The molecule has 0 radical (unpaired) electrons. The minimum Gasteiger partial charge on any atom is -0.462 e. The van der Waals surface area contributed by atoms with Gasteiger partial charge in [0.1, 0.15) is 17.7 Å². The van der Waals surface area contributed by atoms with Gasteiger partial charge in [-0.05, 0) is 32.4 Å². The second-order valence-electron chi connectivity index (χ2n) is 7.72. The molecule has 0 amide bonds. The van der Waals surface area contributed by atoms with Crippen LogP contribution in [0.1, 0.15) is 35.8 Å². The molecular weight excluding hydrogens is 420 g/mol. The molecule has 0 bridgehead atoms. The van der Waals surface area contributed by atoms with Gasteiger partial charge in [-0.1, -0.05) is 0 Å². The number of pyridine rings is 1. The van der Waals surface area contributed by atoms with Gasteiger partial charge in [0.2, 0.25) is 0 Å². The standard InChI is InChI=1S/C23H26N8O2/c1-3-33-23(32)16-6-8-31(15-16)20-13-28-21(29-22-14-26-17(10-24)11-27-22)9-19(20)30(2)18-5-4-7-25-12-18/h6,8-9,11,13-15,18,25H,3-5,7,12H2,1-2H3,(H,27,28,29). The van der Waals surface area contributed by atoms with E-state index in [0.717, 1.165) is 37.3 Å². The predicted octanol–water partition coefficient (Wildman–Crippen LogP) is 2.64. The zero-order valence-electron chi connectivity index (χ0n) is 18.7. The molecule has 0 aliphatic carbocycles. The van der Waals surface area contributed by atoms with Crippen molar-refractivity contribution in [2.45, 2.75) is 25.8 Å². The minimum absolute atomic E-state index is 0.249. The Bertz CT molecular complexity index is 1150. The fourth-order valence-electron chi connectivity index (χ4n) is 3.81. The number of ether oxygens (including phenoxy) is 1. The van der Waals surface area contributed by atoms with E-state index in [9.17, 15) is 4.79 Å². The first-order valence-corrected chi connectivity index (χ1v) is 10.9. The van der Waals surface area contributed by atoms with Crippen molar-refractivity contribution in [3.05, 3.63) is 54.4 Å². The smallest absolute Gasteiger partial charge is 0.339 e. The van der Waals surface area contributed by atoms with E-state index in [1.54, 1.807) is 25.4 Å². The van der Waals surface area contributed by atoms with Crippen LogP contribution in [0.4, 0.5) is 17.3 Å². The van der Waals surface area contributed by atoms with Crippen LogP contribution in [-0.4, -0.2) is 58.3 Å². The first kappa shape index (κ1) is 22.2. The van der Waals surface area contributed by atoms with Gasteiger partial charge in [0.15, 0.2) is 5.69 Å². The van der Waals surface area contributed by atoms with E-state index in [1.807, 2.05) is 22.9 Å². The van der Waals surface area contributed by atoms with Gasteiger partial charge in [0, 0.05) is 38.1 Å². The van der Waals surface area contributed by atoms with Crippen LogP contribution in [0.3, 0.4) is 0 Å². The summed E-state index contributed by atoms with van der Waals surface area (Å²) in [6.45, 7) is 4.03.